The van der Waals surface area contributed by atoms with Gasteiger partial charge in [-0.15, -0.1) is 0 Å². The van der Waals surface area contributed by atoms with Gasteiger partial charge in [0.05, 0.1) is 0 Å². The molecule has 0 bridgehead atoms. The summed E-state index contributed by atoms with van der Waals surface area (Å²) in [6.45, 7) is 0. The summed E-state index contributed by atoms with van der Waals surface area (Å²) < 4.78 is 30.9. The molecule has 0 spiro atoms. The maximum absolute atomic E-state index is 10.8. The van der Waals surface area contributed by atoms with E-state index in [4.69, 9.17) is 10.3 Å². The van der Waals surface area contributed by atoms with E-state index in [-0.39, 0.29) is 13.8 Å². The van der Waals surface area contributed by atoms with Gasteiger partial charge in [0.1, 0.15) is 4.90 Å². The van der Waals surface area contributed by atoms with Gasteiger partial charge in [0.15, 0.2) is 0 Å². The zero-order chi connectivity index (χ0) is 10.2. The molecule has 0 unspecified atom stereocenters. The zero-order valence-corrected chi connectivity index (χ0v) is 10.1. The quantitative estimate of drug-likeness (QED) is 0.610. The maximum Gasteiger partial charge on any atom is 0.296 e. The van der Waals surface area contributed by atoms with Crippen molar-refractivity contribution in [2.45, 2.75) is 4.90 Å². The molecule has 0 aromatic heterocycles. The monoisotopic (exact) mass is 329 g/mol. The summed E-state index contributed by atoms with van der Waals surface area (Å²) in [6.07, 6.45) is 0. The van der Waals surface area contributed by atoms with Gasteiger partial charge in [0.2, 0.25) is 0 Å². The highest BCUT2D eigenvalue weighted by Gasteiger charge is 2.18. The lowest BCUT2D eigenvalue weighted by atomic mass is 10.3. The third kappa shape index (κ3) is 2.43. The Hall–Kier alpha value is -0.110. The van der Waals surface area contributed by atoms with Crippen molar-refractivity contribution in [3.63, 3.8) is 0 Å². The van der Waals surface area contributed by atoms with Gasteiger partial charge in [-0.25, -0.2) is 0 Å². The molecule has 72 valence electrons. The van der Waals surface area contributed by atoms with Crippen LogP contribution in [0.25, 0.3) is 0 Å². The first-order chi connectivity index (χ1) is 5.82. The molecule has 0 fully saturated rings. The number of hydrogen-bond acceptors (Lipinski definition) is 3. The molecule has 1 aromatic carbocycles. The van der Waals surface area contributed by atoms with Gasteiger partial charge in [-0.3, -0.25) is 4.55 Å². The minimum absolute atomic E-state index is 0.221. The second-order valence-electron chi connectivity index (χ2n) is 2.29. The number of nitrogen functional groups attached to an aromatic ring is 1. The summed E-state index contributed by atoms with van der Waals surface area (Å²) in [5.41, 5.74) is 5.83. The van der Waals surface area contributed by atoms with Gasteiger partial charge in [-0.2, -0.15) is 8.42 Å². The Kier molecular flexibility index (Phi) is 3.01. The third-order valence-electron chi connectivity index (χ3n) is 1.28. The van der Waals surface area contributed by atoms with E-state index in [1.54, 1.807) is 0 Å². The average Bonchev–Trinajstić information content (AvgIpc) is 1.78. The number of halogens is 2. The van der Waals surface area contributed by atoms with E-state index in [1.807, 2.05) is 0 Å². The van der Waals surface area contributed by atoms with E-state index < -0.39 is 10.1 Å². The topological polar surface area (TPSA) is 80.4 Å². The van der Waals surface area contributed by atoms with Crippen LogP contribution in [-0.4, -0.2) is 13.0 Å². The van der Waals surface area contributed by atoms with E-state index in [9.17, 15) is 8.42 Å². The molecule has 3 N–H and O–H groups in total. The molecule has 0 aliphatic heterocycles. The molecule has 1 aromatic rings. The number of rotatable bonds is 1. The largest absolute Gasteiger partial charge is 0.399 e. The minimum atomic E-state index is -4.23. The predicted molar refractivity (Wildman–Crippen MR) is 56.1 cm³/mol. The fraction of sp³-hybridized carbons (Fsp3) is 0. The molecule has 0 amide bonds. The Morgan fingerprint density at radius 2 is 1.62 bits per heavy atom. The third-order valence-corrected chi connectivity index (χ3v) is 4.01. The van der Waals surface area contributed by atoms with Crippen LogP contribution in [0.2, 0.25) is 0 Å². The van der Waals surface area contributed by atoms with Crippen molar-refractivity contribution in [2.24, 2.45) is 0 Å². The lowest BCUT2D eigenvalue weighted by Gasteiger charge is -2.04. The normalized spacial score (nSPS) is 11.6. The van der Waals surface area contributed by atoms with E-state index >= 15 is 0 Å². The van der Waals surface area contributed by atoms with Gasteiger partial charge >= 0.3 is 0 Å². The molecule has 1 rings (SSSR count). The van der Waals surface area contributed by atoms with Crippen LogP contribution in [0.15, 0.2) is 26.0 Å². The Morgan fingerprint density at radius 1 is 1.23 bits per heavy atom. The van der Waals surface area contributed by atoms with Crippen LogP contribution in [0, 0.1) is 0 Å². The minimum Gasteiger partial charge on any atom is -0.399 e. The van der Waals surface area contributed by atoms with Crippen molar-refractivity contribution in [1.82, 2.24) is 0 Å². The van der Waals surface area contributed by atoms with Crippen molar-refractivity contribution >= 4 is 47.7 Å². The highest BCUT2D eigenvalue weighted by Crippen LogP contribution is 2.31. The van der Waals surface area contributed by atoms with Crippen LogP contribution in [0.4, 0.5) is 5.69 Å². The second-order valence-corrected chi connectivity index (χ2v) is 5.36. The lowest BCUT2D eigenvalue weighted by molar-refractivity contribution is 0.482. The number of hydrogen-bond donors (Lipinski definition) is 2. The molecule has 4 nitrogen and oxygen atoms in total. The molecule has 7 heteroatoms. The van der Waals surface area contributed by atoms with Crippen LogP contribution in [0.3, 0.4) is 0 Å². The standard InChI is InChI=1S/C6H5Br2NO3S/c7-4-1-3(9)2-5(8)6(4)13(10,11)12/h1-2H,9H2,(H,10,11,12). The van der Waals surface area contributed by atoms with E-state index in [0.29, 0.717) is 5.69 Å². The number of nitrogens with two attached hydrogens (primary N) is 1. The Bertz CT molecular complexity index is 420. The highest BCUT2D eigenvalue weighted by atomic mass is 79.9. The van der Waals surface area contributed by atoms with E-state index in [1.165, 1.54) is 12.1 Å². The summed E-state index contributed by atoms with van der Waals surface area (Å²) in [7, 11) is -4.23. The highest BCUT2D eigenvalue weighted by molar-refractivity contribution is 9.11. The SMILES string of the molecule is Nc1cc(Br)c(S(=O)(=O)O)c(Br)c1. The Morgan fingerprint density at radius 3 is 1.92 bits per heavy atom. The number of benzene rings is 1. The Labute approximate surface area is 92.1 Å². The van der Waals surface area contributed by atoms with Crippen LogP contribution in [0.5, 0.6) is 0 Å². The summed E-state index contributed by atoms with van der Waals surface area (Å²) in [6, 6.07) is 2.79. The fourth-order valence-corrected chi connectivity index (χ4v) is 3.89. The molecule has 13 heavy (non-hydrogen) atoms. The lowest BCUT2D eigenvalue weighted by Crippen LogP contribution is -2.01. The van der Waals surface area contributed by atoms with Crippen molar-refractivity contribution in [1.29, 1.82) is 0 Å². The summed E-state index contributed by atoms with van der Waals surface area (Å²) in [5, 5.41) is 0. The van der Waals surface area contributed by atoms with Crippen LogP contribution in [-0.2, 0) is 10.1 Å². The Balaban J connectivity index is 3.57. The first-order valence-corrected chi connectivity index (χ1v) is 6.07. The molecule has 0 heterocycles. The van der Waals surface area contributed by atoms with Crippen molar-refractivity contribution < 1.29 is 13.0 Å². The smallest absolute Gasteiger partial charge is 0.296 e. The first-order valence-electron chi connectivity index (χ1n) is 3.04. The predicted octanol–water partition coefficient (Wildman–Crippen LogP) is 2.04. The van der Waals surface area contributed by atoms with E-state index in [0.717, 1.165) is 0 Å². The summed E-state index contributed by atoms with van der Waals surface area (Å²) in [4.78, 5) is -0.221. The maximum atomic E-state index is 10.8. The molecular formula is C6H5Br2NO3S. The molecule has 0 saturated carbocycles. The summed E-state index contributed by atoms with van der Waals surface area (Å²) >= 11 is 5.97. The number of anilines is 1. The molecule has 0 aliphatic carbocycles. The first kappa shape index (κ1) is 11.0. The van der Waals surface area contributed by atoms with Crippen LogP contribution < -0.4 is 5.73 Å². The summed E-state index contributed by atoms with van der Waals surface area (Å²) in [5.74, 6) is 0. The van der Waals surface area contributed by atoms with Gasteiger partial charge < -0.3 is 5.73 Å². The van der Waals surface area contributed by atoms with Gasteiger partial charge in [0.25, 0.3) is 10.1 Å². The van der Waals surface area contributed by atoms with Crippen molar-refractivity contribution in [3.8, 4) is 0 Å². The van der Waals surface area contributed by atoms with E-state index in [2.05, 4.69) is 31.9 Å². The van der Waals surface area contributed by atoms with Gasteiger partial charge in [-0.05, 0) is 44.0 Å². The van der Waals surface area contributed by atoms with Crippen LogP contribution in [0.1, 0.15) is 0 Å². The second kappa shape index (κ2) is 3.56. The van der Waals surface area contributed by atoms with Crippen LogP contribution >= 0.6 is 31.9 Å². The molecule has 0 atom stereocenters. The molecule has 0 saturated heterocycles. The molecular weight excluding hydrogens is 326 g/mol. The fourth-order valence-electron chi connectivity index (χ4n) is 0.826. The zero-order valence-electron chi connectivity index (χ0n) is 6.16. The van der Waals surface area contributed by atoms with Gasteiger partial charge in [0, 0.05) is 14.6 Å². The average molecular weight is 331 g/mol. The van der Waals surface area contributed by atoms with Crippen molar-refractivity contribution in [2.75, 3.05) is 5.73 Å². The molecule has 0 aliphatic rings. The van der Waals surface area contributed by atoms with Crippen molar-refractivity contribution in [3.05, 3.63) is 21.1 Å². The van der Waals surface area contributed by atoms with Gasteiger partial charge in [-0.1, -0.05) is 0 Å². The molecule has 0 radical (unpaired) electrons.